The molecule has 0 aliphatic heterocycles. The molecule has 0 radical (unpaired) electrons. The lowest BCUT2D eigenvalue weighted by molar-refractivity contribution is 0.364. The van der Waals surface area contributed by atoms with Gasteiger partial charge < -0.3 is 10.6 Å². The Kier molecular flexibility index (Phi) is 2.95. The minimum atomic E-state index is 0.395. The molecule has 0 aromatic carbocycles. The largest absolute Gasteiger partial charge is 0.362 e. The fraction of sp³-hybridized carbons (Fsp3) is 0.727. The highest BCUT2D eigenvalue weighted by Gasteiger charge is 2.29. The van der Waals surface area contributed by atoms with Crippen LogP contribution in [0.1, 0.15) is 31.9 Å². The van der Waals surface area contributed by atoms with E-state index in [2.05, 4.69) is 28.9 Å². The quantitative estimate of drug-likeness (QED) is 0.787. The number of hydrogen-bond donors (Lipinski definition) is 2. The maximum absolute atomic E-state index is 5.77. The maximum Gasteiger partial charge on any atom is 0.0784 e. The smallest absolute Gasteiger partial charge is 0.0784 e. The van der Waals surface area contributed by atoms with Crippen molar-refractivity contribution in [1.82, 2.24) is 10.2 Å². The van der Waals surface area contributed by atoms with E-state index < -0.39 is 0 Å². The summed E-state index contributed by atoms with van der Waals surface area (Å²) in [4.78, 5) is 2.43. The number of rotatable bonds is 4. The first-order chi connectivity index (χ1) is 7.24. The number of hydrogen-bond acceptors (Lipinski definition) is 3. The van der Waals surface area contributed by atoms with Crippen LogP contribution >= 0.6 is 0 Å². The number of nitrogens with two attached hydrogens (primary N) is 1. The van der Waals surface area contributed by atoms with Crippen molar-refractivity contribution in [1.29, 1.82) is 0 Å². The van der Waals surface area contributed by atoms with Crippen molar-refractivity contribution >= 4 is 5.69 Å². The molecule has 4 heteroatoms. The van der Waals surface area contributed by atoms with Crippen LogP contribution in [-0.4, -0.2) is 28.8 Å². The zero-order valence-corrected chi connectivity index (χ0v) is 9.53. The van der Waals surface area contributed by atoms with Crippen molar-refractivity contribution < 1.29 is 0 Å². The SMILES string of the molecule is Cc1[nH]ncc1N(C(C)CN)C1CCC1. The summed E-state index contributed by atoms with van der Waals surface area (Å²) in [6.07, 6.45) is 5.83. The van der Waals surface area contributed by atoms with Crippen molar-refractivity contribution in [2.45, 2.75) is 45.2 Å². The van der Waals surface area contributed by atoms with Gasteiger partial charge in [0, 0.05) is 18.6 Å². The summed E-state index contributed by atoms with van der Waals surface area (Å²) in [7, 11) is 0. The predicted octanol–water partition coefficient (Wildman–Crippen LogP) is 1.42. The second-order valence-electron chi connectivity index (χ2n) is 4.46. The molecule has 1 aliphatic rings. The lowest BCUT2D eigenvalue weighted by atomic mass is 9.90. The average Bonchev–Trinajstić information content (AvgIpc) is 2.56. The third-order valence-corrected chi connectivity index (χ3v) is 3.37. The minimum Gasteiger partial charge on any atom is -0.362 e. The zero-order valence-electron chi connectivity index (χ0n) is 9.53. The molecule has 0 spiro atoms. The Morgan fingerprint density at radius 1 is 1.67 bits per heavy atom. The summed E-state index contributed by atoms with van der Waals surface area (Å²) >= 11 is 0. The molecule has 1 aliphatic carbocycles. The zero-order chi connectivity index (χ0) is 10.8. The minimum absolute atomic E-state index is 0.395. The third-order valence-electron chi connectivity index (χ3n) is 3.37. The molecule has 0 bridgehead atoms. The molecule has 15 heavy (non-hydrogen) atoms. The molecule has 1 atom stereocenters. The standard InChI is InChI=1S/C11H20N4/c1-8(6-12)15(10-4-3-5-10)11-7-13-14-9(11)2/h7-8,10H,3-6,12H2,1-2H3,(H,13,14). The summed E-state index contributed by atoms with van der Waals surface area (Å²) in [6, 6.07) is 1.06. The van der Waals surface area contributed by atoms with Crippen LogP contribution in [0, 0.1) is 6.92 Å². The predicted molar refractivity (Wildman–Crippen MR) is 62.0 cm³/mol. The van der Waals surface area contributed by atoms with Crippen LogP contribution in [0.15, 0.2) is 6.20 Å². The van der Waals surface area contributed by atoms with Gasteiger partial charge in [-0.15, -0.1) is 0 Å². The summed E-state index contributed by atoms with van der Waals surface area (Å²) in [5.41, 5.74) is 8.13. The van der Waals surface area contributed by atoms with E-state index in [1.54, 1.807) is 0 Å². The number of aromatic amines is 1. The normalized spacial score (nSPS) is 18.6. The summed E-state index contributed by atoms with van der Waals surface area (Å²) in [6.45, 7) is 4.95. The van der Waals surface area contributed by atoms with E-state index in [-0.39, 0.29) is 0 Å². The second-order valence-corrected chi connectivity index (χ2v) is 4.46. The monoisotopic (exact) mass is 208 g/mol. The van der Waals surface area contributed by atoms with Crippen LogP contribution in [0.2, 0.25) is 0 Å². The van der Waals surface area contributed by atoms with Gasteiger partial charge in [-0.2, -0.15) is 5.10 Å². The summed E-state index contributed by atoms with van der Waals surface area (Å²) < 4.78 is 0. The van der Waals surface area contributed by atoms with Gasteiger partial charge in [0.2, 0.25) is 0 Å². The highest BCUT2D eigenvalue weighted by molar-refractivity contribution is 5.51. The first-order valence-electron chi connectivity index (χ1n) is 5.72. The number of aromatic nitrogens is 2. The first kappa shape index (κ1) is 10.5. The Morgan fingerprint density at radius 2 is 2.40 bits per heavy atom. The second kappa shape index (κ2) is 4.23. The van der Waals surface area contributed by atoms with Crippen molar-refractivity contribution in [2.75, 3.05) is 11.4 Å². The third kappa shape index (κ3) is 1.86. The van der Waals surface area contributed by atoms with E-state index in [4.69, 9.17) is 5.73 Å². The first-order valence-corrected chi connectivity index (χ1v) is 5.72. The van der Waals surface area contributed by atoms with Crippen molar-refractivity contribution in [3.8, 4) is 0 Å². The Balaban J connectivity index is 2.21. The van der Waals surface area contributed by atoms with Crippen LogP contribution in [0.3, 0.4) is 0 Å². The van der Waals surface area contributed by atoms with Gasteiger partial charge in [-0.1, -0.05) is 0 Å². The molecule has 1 unspecified atom stereocenters. The molecule has 1 aromatic rings. The topological polar surface area (TPSA) is 57.9 Å². The molecule has 2 rings (SSSR count). The van der Waals surface area contributed by atoms with Gasteiger partial charge in [0.05, 0.1) is 17.6 Å². The van der Waals surface area contributed by atoms with Gasteiger partial charge in [0.1, 0.15) is 0 Å². The fourth-order valence-electron chi connectivity index (χ4n) is 2.18. The number of nitrogens with one attached hydrogen (secondary N) is 1. The van der Waals surface area contributed by atoms with E-state index in [0.29, 0.717) is 18.6 Å². The molecule has 84 valence electrons. The highest BCUT2D eigenvalue weighted by Crippen LogP contribution is 2.32. The molecule has 1 fully saturated rings. The molecule has 1 heterocycles. The highest BCUT2D eigenvalue weighted by atomic mass is 15.2. The number of anilines is 1. The van der Waals surface area contributed by atoms with Gasteiger partial charge in [0.25, 0.3) is 0 Å². The number of H-pyrrole nitrogens is 1. The Labute approximate surface area is 90.8 Å². The molecular formula is C11H20N4. The van der Waals surface area contributed by atoms with E-state index in [9.17, 15) is 0 Å². The molecule has 4 nitrogen and oxygen atoms in total. The van der Waals surface area contributed by atoms with Crippen LogP contribution in [0.4, 0.5) is 5.69 Å². The van der Waals surface area contributed by atoms with Gasteiger partial charge in [0.15, 0.2) is 0 Å². The van der Waals surface area contributed by atoms with E-state index in [1.165, 1.54) is 24.9 Å². The van der Waals surface area contributed by atoms with Gasteiger partial charge >= 0.3 is 0 Å². The molecule has 1 aromatic heterocycles. The van der Waals surface area contributed by atoms with Gasteiger partial charge in [-0.3, -0.25) is 5.10 Å². The van der Waals surface area contributed by atoms with Crippen LogP contribution < -0.4 is 10.6 Å². The van der Waals surface area contributed by atoms with E-state index >= 15 is 0 Å². The van der Waals surface area contributed by atoms with E-state index in [0.717, 1.165) is 5.69 Å². The molecule has 0 saturated heterocycles. The summed E-state index contributed by atoms with van der Waals surface area (Å²) in [5.74, 6) is 0. The van der Waals surface area contributed by atoms with E-state index in [1.807, 2.05) is 6.20 Å². The van der Waals surface area contributed by atoms with Gasteiger partial charge in [-0.25, -0.2) is 0 Å². The number of nitrogens with zero attached hydrogens (tertiary/aromatic N) is 2. The Hall–Kier alpha value is -1.03. The lowest BCUT2D eigenvalue weighted by Gasteiger charge is -2.42. The van der Waals surface area contributed by atoms with Crippen molar-refractivity contribution in [3.05, 3.63) is 11.9 Å². The van der Waals surface area contributed by atoms with Crippen LogP contribution in [0.5, 0.6) is 0 Å². The lowest BCUT2D eigenvalue weighted by Crippen LogP contribution is -2.48. The Bertz CT molecular complexity index is 311. The molecule has 3 N–H and O–H groups in total. The average molecular weight is 208 g/mol. The molecule has 1 saturated carbocycles. The van der Waals surface area contributed by atoms with Crippen LogP contribution in [-0.2, 0) is 0 Å². The number of aryl methyl sites for hydroxylation is 1. The van der Waals surface area contributed by atoms with Crippen molar-refractivity contribution in [3.63, 3.8) is 0 Å². The molecular weight excluding hydrogens is 188 g/mol. The van der Waals surface area contributed by atoms with Gasteiger partial charge in [-0.05, 0) is 33.1 Å². The summed E-state index contributed by atoms with van der Waals surface area (Å²) in [5, 5.41) is 7.09. The molecule has 0 amide bonds. The van der Waals surface area contributed by atoms with Crippen molar-refractivity contribution in [2.24, 2.45) is 5.73 Å². The maximum atomic E-state index is 5.77. The Morgan fingerprint density at radius 3 is 2.80 bits per heavy atom. The fourth-order valence-corrected chi connectivity index (χ4v) is 2.18. The van der Waals surface area contributed by atoms with Crippen LogP contribution in [0.25, 0.3) is 0 Å².